The topological polar surface area (TPSA) is 81.7 Å². The van der Waals surface area contributed by atoms with Gasteiger partial charge < -0.3 is 15.7 Å². The molecule has 2 amide bonds. The van der Waals surface area contributed by atoms with E-state index in [2.05, 4.69) is 27.7 Å². The minimum Gasteiger partial charge on any atom is -0.390 e. The number of nitrogens with zero attached hydrogens (tertiary/aromatic N) is 1. The Hall–Kier alpha value is -3.22. The Morgan fingerprint density at radius 2 is 1.72 bits per heavy atom. The normalized spacial score (nSPS) is 19.6. The third-order valence-electron chi connectivity index (χ3n) is 6.82. The van der Waals surface area contributed by atoms with E-state index in [4.69, 9.17) is 0 Å². The Morgan fingerprint density at radius 1 is 1.00 bits per heavy atom. The number of aliphatic hydroxyl groups is 1. The molecule has 0 radical (unpaired) electrons. The summed E-state index contributed by atoms with van der Waals surface area (Å²) in [6.45, 7) is 6.20. The van der Waals surface area contributed by atoms with Crippen LogP contribution < -0.4 is 10.6 Å². The van der Waals surface area contributed by atoms with Crippen molar-refractivity contribution < 1.29 is 14.7 Å². The van der Waals surface area contributed by atoms with Crippen molar-refractivity contribution in [3.05, 3.63) is 83.9 Å². The van der Waals surface area contributed by atoms with Gasteiger partial charge in [0, 0.05) is 18.7 Å². The predicted octanol–water partition coefficient (Wildman–Crippen LogP) is 4.13. The van der Waals surface area contributed by atoms with Gasteiger partial charge in [-0.2, -0.15) is 0 Å². The maximum absolute atomic E-state index is 13.3. The highest BCUT2D eigenvalue weighted by atomic mass is 16.3. The van der Waals surface area contributed by atoms with Crippen molar-refractivity contribution >= 4 is 22.6 Å². The van der Waals surface area contributed by atoms with Gasteiger partial charge in [0.05, 0.1) is 12.1 Å². The highest BCUT2D eigenvalue weighted by Crippen LogP contribution is 2.18. The fourth-order valence-electron chi connectivity index (χ4n) is 4.92. The van der Waals surface area contributed by atoms with Crippen LogP contribution in [0.2, 0.25) is 0 Å². The number of nitrogens with one attached hydrogen (secondary N) is 2. The van der Waals surface area contributed by atoms with Crippen LogP contribution in [0, 0.1) is 5.92 Å². The van der Waals surface area contributed by atoms with Gasteiger partial charge in [0.15, 0.2) is 0 Å². The number of fused-ring (bicyclic) bond motifs is 1. The number of benzene rings is 3. The minimum atomic E-state index is -0.670. The van der Waals surface area contributed by atoms with E-state index in [0.717, 1.165) is 30.3 Å². The van der Waals surface area contributed by atoms with Crippen molar-refractivity contribution in [3.8, 4) is 0 Å². The number of hydrogen-bond acceptors (Lipinski definition) is 4. The number of carbonyl (C=O) groups is 2. The van der Waals surface area contributed by atoms with Crippen molar-refractivity contribution in [3.63, 3.8) is 0 Å². The van der Waals surface area contributed by atoms with Gasteiger partial charge in [0.25, 0.3) is 5.91 Å². The van der Waals surface area contributed by atoms with Crippen molar-refractivity contribution in [2.24, 2.45) is 5.92 Å². The van der Waals surface area contributed by atoms with E-state index < -0.39 is 12.1 Å². The minimum absolute atomic E-state index is 0.220. The highest BCUT2D eigenvalue weighted by molar-refractivity contribution is 6.00. The Bertz CT molecular complexity index is 1160. The molecule has 1 aliphatic heterocycles. The second-order valence-electron chi connectivity index (χ2n) is 10.3. The molecule has 4 rings (SSSR count). The van der Waals surface area contributed by atoms with Crippen molar-refractivity contribution in [2.75, 3.05) is 13.1 Å². The molecule has 36 heavy (non-hydrogen) atoms. The average molecular weight is 488 g/mol. The first-order chi connectivity index (χ1) is 17.4. The lowest BCUT2D eigenvalue weighted by atomic mass is 10.0. The van der Waals surface area contributed by atoms with Crippen LogP contribution in [0.1, 0.15) is 49.0 Å². The molecule has 0 aromatic heterocycles. The second-order valence-corrected chi connectivity index (χ2v) is 10.3. The number of likely N-dealkylation sites (tertiary alicyclic amines) is 1. The SMILES string of the molecule is CC(C)CC(NC(=O)c1ccc2ccccc2c1)C(=O)NC1CCCN(Cc2ccccc2)C[C@@H]1O. The predicted molar refractivity (Wildman–Crippen MR) is 144 cm³/mol. The lowest BCUT2D eigenvalue weighted by Crippen LogP contribution is -2.53. The lowest BCUT2D eigenvalue weighted by Gasteiger charge is -2.27. The lowest BCUT2D eigenvalue weighted by molar-refractivity contribution is -0.125. The van der Waals surface area contributed by atoms with E-state index in [1.54, 1.807) is 6.07 Å². The number of hydrogen-bond donors (Lipinski definition) is 3. The summed E-state index contributed by atoms with van der Waals surface area (Å²) in [6.07, 6.45) is 1.43. The quantitative estimate of drug-likeness (QED) is 0.446. The van der Waals surface area contributed by atoms with Crippen molar-refractivity contribution in [2.45, 2.75) is 57.8 Å². The average Bonchev–Trinajstić information content (AvgIpc) is 3.04. The largest absolute Gasteiger partial charge is 0.390 e. The van der Waals surface area contributed by atoms with E-state index in [1.807, 2.05) is 68.4 Å². The highest BCUT2D eigenvalue weighted by Gasteiger charge is 2.30. The summed E-state index contributed by atoms with van der Waals surface area (Å²) in [5.41, 5.74) is 1.74. The molecular weight excluding hydrogens is 450 g/mol. The second kappa shape index (κ2) is 12.2. The van der Waals surface area contributed by atoms with Gasteiger partial charge in [0.1, 0.15) is 6.04 Å². The van der Waals surface area contributed by atoms with Crippen molar-refractivity contribution in [1.82, 2.24) is 15.5 Å². The van der Waals surface area contributed by atoms with Gasteiger partial charge >= 0.3 is 0 Å². The molecule has 0 saturated carbocycles. The van der Waals surface area contributed by atoms with Crippen LogP contribution in [0.4, 0.5) is 0 Å². The van der Waals surface area contributed by atoms with E-state index in [9.17, 15) is 14.7 Å². The molecule has 2 unspecified atom stereocenters. The van der Waals surface area contributed by atoms with Crippen molar-refractivity contribution in [1.29, 1.82) is 0 Å². The summed E-state index contributed by atoms with van der Waals surface area (Å²) in [7, 11) is 0. The molecule has 0 bridgehead atoms. The van der Waals surface area contributed by atoms with E-state index in [0.29, 0.717) is 24.9 Å². The molecule has 1 heterocycles. The van der Waals surface area contributed by atoms with Gasteiger partial charge in [0.2, 0.25) is 5.91 Å². The monoisotopic (exact) mass is 487 g/mol. The zero-order valence-electron chi connectivity index (χ0n) is 21.2. The molecule has 1 saturated heterocycles. The maximum atomic E-state index is 13.3. The summed E-state index contributed by atoms with van der Waals surface area (Å²) in [6, 6.07) is 22.7. The molecule has 6 nitrogen and oxygen atoms in total. The summed E-state index contributed by atoms with van der Waals surface area (Å²) < 4.78 is 0. The number of rotatable bonds is 8. The Kier molecular flexibility index (Phi) is 8.73. The van der Waals surface area contributed by atoms with E-state index in [1.165, 1.54) is 5.56 Å². The number of carbonyl (C=O) groups excluding carboxylic acids is 2. The van der Waals surface area contributed by atoms with Gasteiger partial charge in [-0.05, 0) is 60.2 Å². The Morgan fingerprint density at radius 3 is 2.47 bits per heavy atom. The van der Waals surface area contributed by atoms with Gasteiger partial charge in [-0.1, -0.05) is 74.5 Å². The molecule has 3 aromatic carbocycles. The maximum Gasteiger partial charge on any atom is 0.251 e. The van der Waals surface area contributed by atoms with Crippen LogP contribution in [-0.4, -0.2) is 53.1 Å². The summed E-state index contributed by atoms with van der Waals surface area (Å²) in [5.74, 6) is -0.284. The van der Waals surface area contributed by atoms with Crippen LogP contribution in [0.5, 0.6) is 0 Å². The molecule has 6 heteroatoms. The molecule has 190 valence electrons. The van der Waals surface area contributed by atoms with Crippen LogP contribution in [0.15, 0.2) is 72.8 Å². The molecule has 1 aliphatic rings. The third kappa shape index (κ3) is 6.93. The third-order valence-corrected chi connectivity index (χ3v) is 6.82. The van der Waals surface area contributed by atoms with Gasteiger partial charge in [-0.25, -0.2) is 0 Å². The van der Waals surface area contributed by atoms with E-state index in [-0.39, 0.29) is 23.8 Å². The zero-order valence-corrected chi connectivity index (χ0v) is 21.2. The number of aliphatic hydroxyl groups excluding tert-OH is 1. The van der Waals surface area contributed by atoms with Crippen LogP contribution in [-0.2, 0) is 11.3 Å². The molecule has 0 aliphatic carbocycles. The Balaban J connectivity index is 1.39. The summed E-state index contributed by atoms with van der Waals surface area (Å²) >= 11 is 0. The molecule has 1 fully saturated rings. The van der Waals surface area contributed by atoms with Crippen LogP contribution in [0.3, 0.4) is 0 Å². The first kappa shape index (κ1) is 25.9. The van der Waals surface area contributed by atoms with Gasteiger partial charge in [-0.15, -0.1) is 0 Å². The van der Waals surface area contributed by atoms with Crippen LogP contribution in [0.25, 0.3) is 10.8 Å². The number of amides is 2. The zero-order chi connectivity index (χ0) is 25.5. The smallest absolute Gasteiger partial charge is 0.251 e. The molecule has 3 atom stereocenters. The molecular formula is C30H37N3O3. The summed E-state index contributed by atoms with van der Waals surface area (Å²) in [4.78, 5) is 28.6. The standard InChI is InChI=1S/C30H37N3O3/c1-21(2)17-27(32-29(35)25-15-14-23-11-6-7-12-24(23)18-25)30(36)31-26-13-8-16-33(20-28(26)34)19-22-9-4-3-5-10-22/h3-7,9-12,14-15,18,21,26-28,34H,8,13,16-17,19-20H2,1-2H3,(H,31,36)(H,32,35)/t26?,27?,28-/m0/s1. The first-order valence-corrected chi connectivity index (χ1v) is 12.9. The molecule has 3 aromatic rings. The van der Waals surface area contributed by atoms with Crippen LogP contribution >= 0.6 is 0 Å². The summed E-state index contributed by atoms with van der Waals surface area (Å²) in [5, 5.41) is 19.0. The first-order valence-electron chi connectivity index (χ1n) is 12.9. The number of β-amino-alcohol motifs (C(OH)–C–C–N with tert-alkyl or cyclic N) is 1. The van der Waals surface area contributed by atoms with Gasteiger partial charge in [-0.3, -0.25) is 14.5 Å². The fraction of sp³-hybridized carbons (Fsp3) is 0.400. The molecule has 0 spiro atoms. The van der Waals surface area contributed by atoms with E-state index >= 15 is 0 Å². The molecule has 3 N–H and O–H groups in total. The Labute approximate surface area is 213 Å². The fourth-order valence-corrected chi connectivity index (χ4v) is 4.92.